The number of benzene rings is 2. The highest BCUT2D eigenvalue weighted by molar-refractivity contribution is 5.97. The molecule has 0 spiro atoms. The van der Waals surface area contributed by atoms with E-state index < -0.39 is 80.4 Å². The van der Waals surface area contributed by atoms with Gasteiger partial charge in [-0.25, -0.2) is 53.9 Å². The molecule has 4 aromatic rings. The molecule has 0 bridgehead atoms. The minimum atomic E-state index is -2.37. The highest BCUT2D eigenvalue weighted by atomic mass is 19.2. The van der Waals surface area contributed by atoms with Crippen molar-refractivity contribution >= 4 is 22.9 Å². The van der Waals surface area contributed by atoms with Gasteiger partial charge in [-0.15, -0.1) is 0 Å². The molecule has 246 valence electrons. The molecule has 4 heterocycles. The largest absolute Gasteiger partial charge is 0.481 e. The fraction of sp³-hybridized carbons (Fsp3) is 0.0625. The Bertz CT molecular complexity index is 2010. The lowest BCUT2D eigenvalue weighted by Gasteiger charge is -2.13. The average Bonchev–Trinajstić information content (AvgIpc) is 3.92. The molecule has 48 heavy (non-hydrogen) atoms. The third-order valence-electron chi connectivity index (χ3n) is 7.28. The van der Waals surface area contributed by atoms with E-state index in [9.17, 15) is 26.3 Å². The molecule has 2 aromatic carbocycles. The predicted molar refractivity (Wildman–Crippen MR) is 152 cm³/mol. The predicted octanol–water partition coefficient (Wildman–Crippen LogP) is 8.15. The Labute approximate surface area is 262 Å². The molecule has 16 heteroatoms. The lowest BCUT2D eigenvalue weighted by atomic mass is 9.98. The maximum Gasteiger partial charge on any atom is 0.213 e. The first-order valence-electron chi connectivity index (χ1n) is 13.4. The number of aromatic nitrogens is 2. The van der Waals surface area contributed by atoms with Crippen LogP contribution in [-0.2, 0) is 9.47 Å². The lowest BCUT2D eigenvalue weighted by molar-refractivity contribution is 0.376. The van der Waals surface area contributed by atoms with Crippen LogP contribution in [0, 0.1) is 58.2 Å². The van der Waals surface area contributed by atoms with E-state index in [-0.39, 0.29) is 46.0 Å². The van der Waals surface area contributed by atoms with Gasteiger partial charge < -0.3 is 19.4 Å². The van der Waals surface area contributed by atoms with Crippen molar-refractivity contribution in [2.75, 3.05) is 14.2 Å². The van der Waals surface area contributed by atoms with E-state index in [1.54, 1.807) is 0 Å². The van der Waals surface area contributed by atoms with Gasteiger partial charge in [0.15, 0.2) is 46.5 Å². The number of ether oxygens (including phenoxy) is 2. The van der Waals surface area contributed by atoms with Gasteiger partial charge in [0.2, 0.25) is 23.4 Å². The summed E-state index contributed by atoms with van der Waals surface area (Å²) in [6.07, 6.45) is 5.00. The summed E-state index contributed by atoms with van der Waals surface area (Å²) >= 11 is 0. The molecule has 2 N–H and O–H groups in total. The van der Waals surface area contributed by atoms with Gasteiger partial charge in [-0.2, -0.15) is 0 Å². The van der Waals surface area contributed by atoms with Crippen LogP contribution in [0.1, 0.15) is 22.5 Å². The van der Waals surface area contributed by atoms with Crippen molar-refractivity contribution in [2.24, 2.45) is 9.98 Å². The number of halogens is 10. The van der Waals surface area contributed by atoms with E-state index in [1.165, 1.54) is 62.8 Å². The fourth-order valence-corrected chi connectivity index (χ4v) is 5.04. The molecule has 2 aromatic heterocycles. The summed E-state index contributed by atoms with van der Waals surface area (Å²) in [4.78, 5) is 13.6. The molecule has 0 fully saturated rings. The van der Waals surface area contributed by atoms with Crippen molar-refractivity contribution in [2.45, 2.75) is 0 Å². The van der Waals surface area contributed by atoms with Crippen LogP contribution >= 0.6 is 0 Å². The molecule has 0 unspecified atom stereocenters. The zero-order valence-corrected chi connectivity index (χ0v) is 24.1. The Hall–Kier alpha value is -5.80. The quantitative estimate of drug-likeness (QED) is 0.127. The maximum atomic E-state index is 15.1. The number of H-pyrrole nitrogens is 2. The Balaban J connectivity index is 1.52. The number of methoxy groups -OCH3 is 2. The smallest absolute Gasteiger partial charge is 0.213 e. The number of aliphatic imine (C=N–C) groups is 2. The van der Waals surface area contributed by atoms with Gasteiger partial charge in [0.25, 0.3) is 0 Å². The summed E-state index contributed by atoms with van der Waals surface area (Å²) in [5, 5.41) is 0. The van der Waals surface area contributed by atoms with Crippen LogP contribution in [0.25, 0.3) is 22.5 Å². The first-order chi connectivity index (χ1) is 22.9. The number of nitrogens with one attached hydrogen (secondary N) is 2. The highest BCUT2D eigenvalue weighted by Crippen LogP contribution is 2.39. The van der Waals surface area contributed by atoms with Crippen molar-refractivity contribution in [3.63, 3.8) is 0 Å². The Morgan fingerprint density at radius 2 is 0.771 bits per heavy atom. The second-order valence-corrected chi connectivity index (χ2v) is 9.96. The molecule has 6 nitrogen and oxygen atoms in total. The van der Waals surface area contributed by atoms with Crippen LogP contribution in [0.2, 0.25) is 0 Å². The molecular weight excluding hydrogens is 662 g/mol. The standard InChI is InChI=1S/C32H16F10N4O2/c1-47-17-9-7-15(45-17)19(21-23(33)27(37)31(41)28(38)24(21)34)13-5-3-11(43-13)12-4-6-14(44-12)20(16-8-10-18(46-16)48-2)22-25(35)29(39)32(42)30(40)26(22)36/h3-10,43-44H,1-2H3/b19-15-,20-16+. The summed E-state index contributed by atoms with van der Waals surface area (Å²) in [5.74, 6) is -22.2. The number of hydrogen-bond donors (Lipinski definition) is 2. The van der Waals surface area contributed by atoms with Gasteiger partial charge in [0, 0.05) is 34.7 Å². The first-order valence-corrected chi connectivity index (χ1v) is 13.4. The van der Waals surface area contributed by atoms with Crippen molar-refractivity contribution in [1.29, 1.82) is 0 Å². The molecule has 0 aliphatic carbocycles. The molecule has 0 saturated carbocycles. The van der Waals surface area contributed by atoms with E-state index in [0.717, 1.165) is 0 Å². The van der Waals surface area contributed by atoms with Crippen molar-refractivity contribution in [3.05, 3.63) is 141 Å². The van der Waals surface area contributed by atoms with Gasteiger partial charge in [0.1, 0.15) is 0 Å². The third kappa shape index (κ3) is 5.09. The molecular formula is C32H16F10N4O2. The van der Waals surface area contributed by atoms with E-state index in [0.29, 0.717) is 0 Å². The van der Waals surface area contributed by atoms with Gasteiger partial charge in [-0.1, -0.05) is 0 Å². The van der Waals surface area contributed by atoms with Crippen LogP contribution in [0.3, 0.4) is 0 Å². The minimum absolute atomic E-state index is 0.0406. The molecule has 0 saturated heterocycles. The molecule has 2 aliphatic rings. The van der Waals surface area contributed by atoms with E-state index >= 15 is 17.6 Å². The SMILES string of the molecule is COC1=N/C(=C(\c2ccc(-c3ccc(/C(=C4\C=CC(OC)=N4)c4c(F)c(F)c(F)c(F)c4F)[nH]3)[nH]2)c2c(F)c(F)c(F)c(F)c2F)C=C1. The van der Waals surface area contributed by atoms with Gasteiger partial charge in [0.05, 0.1) is 48.1 Å². The van der Waals surface area contributed by atoms with Gasteiger partial charge in [-0.3, -0.25) is 0 Å². The zero-order valence-electron chi connectivity index (χ0n) is 24.1. The number of nitrogens with zero attached hydrogens (tertiary/aromatic N) is 2. The summed E-state index contributed by atoms with van der Waals surface area (Å²) in [6, 6.07) is 5.09. The molecule has 0 amide bonds. The molecule has 0 radical (unpaired) electrons. The number of hydrogen-bond acceptors (Lipinski definition) is 4. The summed E-state index contributed by atoms with van der Waals surface area (Å²) in [5.41, 5.74) is -4.41. The topological polar surface area (TPSA) is 74.8 Å². The average molecular weight is 678 g/mol. The van der Waals surface area contributed by atoms with Crippen molar-refractivity contribution in [1.82, 2.24) is 9.97 Å². The highest BCUT2D eigenvalue weighted by Gasteiger charge is 2.33. The Morgan fingerprint density at radius 1 is 0.458 bits per heavy atom. The number of aromatic amines is 2. The summed E-state index contributed by atoms with van der Waals surface area (Å²) in [6.45, 7) is 0. The van der Waals surface area contributed by atoms with E-state index in [4.69, 9.17) is 9.47 Å². The number of allylic oxidation sites excluding steroid dienone is 2. The first kappa shape index (κ1) is 32.2. The van der Waals surface area contributed by atoms with Crippen LogP contribution in [-0.4, -0.2) is 36.0 Å². The van der Waals surface area contributed by atoms with Crippen LogP contribution in [0.15, 0.2) is 69.9 Å². The van der Waals surface area contributed by atoms with Gasteiger partial charge >= 0.3 is 0 Å². The molecule has 2 aliphatic heterocycles. The Kier molecular flexibility index (Phi) is 8.10. The second kappa shape index (κ2) is 12.1. The normalized spacial score (nSPS) is 16.1. The van der Waals surface area contributed by atoms with E-state index in [2.05, 4.69) is 20.0 Å². The summed E-state index contributed by atoms with van der Waals surface area (Å²) < 4.78 is 155. The third-order valence-corrected chi connectivity index (χ3v) is 7.28. The van der Waals surface area contributed by atoms with Crippen LogP contribution in [0.5, 0.6) is 0 Å². The van der Waals surface area contributed by atoms with Crippen molar-refractivity contribution < 1.29 is 53.4 Å². The van der Waals surface area contributed by atoms with E-state index in [1.807, 2.05) is 0 Å². The van der Waals surface area contributed by atoms with Crippen LogP contribution in [0.4, 0.5) is 43.9 Å². The Morgan fingerprint density at radius 3 is 1.06 bits per heavy atom. The van der Waals surface area contributed by atoms with Gasteiger partial charge in [-0.05, 0) is 36.4 Å². The minimum Gasteiger partial charge on any atom is -0.481 e. The molecule has 6 rings (SSSR count). The summed E-state index contributed by atoms with van der Waals surface area (Å²) in [7, 11) is 2.47. The van der Waals surface area contributed by atoms with Crippen molar-refractivity contribution in [3.8, 4) is 11.4 Å². The zero-order chi connectivity index (χ0) is 34.6. The maximum absolute atomic E-state index is 15.1. The fourth-order valence-electron chi connectivity index (χ4n) is 5.04. The second-order valence-electron chi connectivity index (χ2n) is 9.96. The number of rotatable bonds is 5. The monoisotopic (exact) mass is 678 g/mol. The lowest BCUT2D eigenvalue weighted by Crippen LogP contribution is -2.08. The van der Waals surface area contributed by atoms with Crippen LogP contribution < -0.4 is 0 Å². The molecule has 0 atom stereocenters.